The molecule has 0 aromatic heterocycles. The van der Waals surface area contributed by atoms with Crippen LogP contribution in [-0.4, -0.2) is 11.8 Å². The molecule has 0 radical (unpaired) electrons. The third-order valence-electron chi connectivity index (χ3n) is 4.11. The molecular weight excluding hydrogens is 238 g/mol. The molecule has 1 aliphatic carbocycles. The standard InChI is InChI=1S/C16H17NO2/c1-10-7-8-11(2)14(9-10)17-15(18)12-5-3-4-6-13(12)16(17)19/h3-4,7-9,12-13H,5-6H2,1-2H3. The van der Waals surface area contributed by atoms with Crippen molar-refractivity contribution in [3.05, 3.63) is 41.5 Å². The first-order chi connectivity index (χ1) is 9.09. The van der Waals surface area contributed by atoms with Gasteiger partial charge in [-0.1, -0.05) is 24.3 Å². The van der Waals surface area contributed by atoms with E-state index >= 15 is 0 Å². The lowest BCUT2D eigenvalue weighted by molar-refractivity contribution is -0.122. The van der Waals surface area contributed by atoms with Gasteiger partial charge in [0.05, 0.1) is 17.5 Å². The zero-order valence-corrected chi connectivity index (χ0v) is 11.2. The molecule has 3 heteroatoms. The number of rotatable bonds is 1. The summed E-state index contributed by atoms with van der Waals surface area (Å²) in [4.78, 5) is 26.4. The SMILES string of the molecule is Cc1ccc(C)c(N2C(=O)C3CC=CCC3C2=O)c1. The number of benzene rings is 1. The summed E-state index contributed by atoms with van der Waals surface area (Å²) in [6.45, 7) is 3.91. The van der Waals surface area contributed by atoms with E-state index in [-0.39, 0.29) is 23.7 Å². The summed E-state index contributed by atoms with van der Waals surface area (Å²) in [6.07, 6.45) is 5.41. The van der Waals surface area contributed by atoms with Crippen LogP contribution < -0.4 is 4.90 Å². The predicted molar refractivity (Wildman–Crippen MR) is 73.8 cm³/mol. The molecule has 98 valence electrons. The lowest BCUT2D eigenvalue weighted by atomic mass is 9.85. The second kappa shape index (κ2) is 4.34. The number of imide groups is 1. The Morgan fingerprint density at radius 1 is 1.00 bits per heavy atom. The first-order valence-corrected chi connectivity index (χ1v) is 6.69. The van der Waals surface area contributed by atoms with Gasteiger partial charge in [-0.15, -0.1) is 0 Å². The number of carbonyl (C=O) groups excluding carboxylic acids is 2. The summed E-state index contributed by atoms with van der Waals surface area (Å²) >= 11 is 0. The summed E-state index contributed by atoms with van der Waals surface area (Å²) < 4.78 is 0. The number of carbonyl (C=O) groups is 2. The minimum absolute atomic E-state index is 0.0342. The third-order valence-corrected chi connectivity index (χ3v) is 4.11. The van der Waals surface area contributed by atoms with Crippen LogP contribution >= 0.6 is 0 Å². The van der Waals surface area contributed by atoms with Crippen LogP contribution in [0.1, 0.15) is 24.0 Å². The van der Waals surface area contributed by atoms with E-state index in [0.29, 0.717) is 12.8 Å². The molecule has 1 heterocycles. The Morgan fingerprint density at radius 3 is 2.16 bits per heavy atom. The van der Waals surface area contributed by atoms with E-state index in [1.807, 2.05) is 44.2 Å². The fraction of sp³-hybridized carbons (Fsp3) is 0.375. The first-order valence-electron chi connectivity index (χ1n) is 6.69. The van der Waals surface area contributed by atoms with Gasteiger partial charge in [0.25, 0.3) is 0 Å². The zero-order valence-electron chi connectivity index (χ0n) is 11.2. The van der Waals surface area contributed by atoms with E-state index in [1.54, 1.807) is 0 Å². The minimum atomic E-state index is -0.155. The van der Waals surface area contributed by atoms with E-state index < -0.39 is 0 Å². The van der Waals surface area contributed by atoms with Crippen molar-refractivity contribution in [1.82, 2.24) is 0 Å². The van der Waals surface area contributed by atoms with Gasteiger partial charge in [0.15, 0.2) is 0 Å². The second-order valence-corrected chi connectivity index (χ2v) is 5.46. The maximum Gasteiger partial charge on any atom is 0.238 e. The first kappa shape index (κ1) is 12.2. The molecule has 1 fully saturated rings. The molecule has 2 unspecified atom stereocenters. The maximum absolute atomic E-state index is 12.5. The zero-order chi connectivity index (χ0) is 13.6. The normalized spacial score (nSPS) is 25.9. The number of allylic oxidation sites excluding steroid dienone is 2. The van der Waals surface area contributed by atoms with Crippen LogP contribution in [0.3, 0.4) is 0 Å². The van der Waals surface area contributed by atoms with Crippen LogP contribution in [0.5, 0.6) is 0 Å². The monoisotopic (exact) mass is 255 g/mol. The number of hydrogen-bond donors (Lipinski definition) is 0. The van der Waals surface area contributed by atoms with Crippen molar-refractivity contribution in [3.8, 4) is 0 Å². The highest BCUT2D eigenvalue weighted by molar-refractivity contribution is 6.22. The number of hydrogen-bond acceptors (Lipinski definition) is 2. The van der Waals surface area contributed by atoms with Crippen LogP contribution in [0.25, 0.3) is 0 Å². The van der Waals surface area contributed by atoms with Gasteiger partial charge in [-0.05, 0) is 43.9 Å². The molecule has 0 bridgehead atoms. The van der Waals surface area contributed by atoms with Crippen LogP contribution in [0.15, 0.2) is 30.4 Å². The van der Waals surface area contributed by atoms with E-state index in [2.05, 4.69) is 0 Å². The average Bonchev–Trinajstić information content (AvgIpc) is 2.66. The van der Waals surface area contributed by atoms with Crippen molar-refractivity contribution in [3.63, 3.8) is 0 Å². The molecule has 2 aliphatic rings. The number of amides is 2. The quantitative estimate of drug-likeness (QED) is 0.571. The van der Waals surface area contributed by atoms with Gasteiger partial charge in [-0.25, -0.2) is 4.90 Å². The number of anilines is 1. The summed E-state index contributed by atoms with van der Waals surface area (Å²) in [7, 11) is 0. The summed E-state index contributed by atoms with van der Waals surface area (Å²) in [5.41, 5.74) is 2.79. The van der Waals surface area contributed by atoms with Gasteiger partial charge >= 0.3 is 0 Å². The summed E-state index contributed by atoms with van der Waals surface area (Å²) in [5, 5.41) is 0. The molecule has 1 aromatic carbocycles. The molecule has 2 amide bonds. The number of nitrogens with zero attached hydrogens (tertiary/aromatic N) is 1. The van der Waals surface area contributed by atoms with E-state index in [0.717, 1.165) is 16.8 Å². The molecule has 19 heavy (non-hydrogen) atoms. The molecule has 3 nitrogen and oxygen atoms in total. The van der Waals surface area contributed by atoms with Gasteiger partial charge in [0, 0.05) is 0 Å². The Balaban J connectivity index is 2.04. The van der Waals surface area contributed by atoms with Crippen LogP contribution in [0, 0.1) is 25.7 Å². The van der Waals surface area contributed by atoms with Crippen molar-refractivity contribution in [2.75, 3.05) is 4.90 Å². The van der Waals surface area contributed by atoms with Gasteiger partial charge in [0.1, 0.15) is 0 Å². The van der Waals surface area contributed by atoms with Crippen LogP contribution in [0.2, 0.25) is 0 Å². The minimum Gasteiger partial charge on any atom is -0.274 e. The molecule has 3 rings (SSSR count). The Bertz CT molecular complexity index is 562. The van der Waals surface area contributed by atoms with E-state index in [4.69, 9.17) is 0 Å². The van der Waals surface area contributed by atoms with Crippen molar-refractivity contribution >= 4 is 17.5 Å². The summed E-state index contributed by atoms with van der Waals surface area (Å²) in [5.74, 6) is -0.379. The van der Waals surface area contributed by atoms with Crippen molar-refractivity contribution in [2.45, 2.75) is 26.7 Å². The van der Waals surface area contributed by atoms with Crippen LogP contribution in [0.4, 0.5) is 5.69 Å². The maximum atomic E-state index is 12.5. The second-order valence-electron chi connectivity index (χ2n) is 5.46. The third kappa shape index (κ3) is 1.81. The lowest BCUT2D eigenvalue weighted by Crippen LogP contribution is -2.31. The van der Waals surface area contributed by atoms with Gasteiger partial charge in [-0.2, -0.15) is 0 Å². The van der Waals surface area contributed by atoms with Crippen LogP contribution in [-0.2, 0) is 9.59 Å². The fourth-order valence-electron chi connectivity index (χ4n) is 3.00. The largest absolute Gasteiger partial charge is 0.274 e. The molecule has 1 saturated heterocycles. The Morgan fingerprint density at radius 2 is 1.58 bits per heavy atom. The highest BCUT2D eigenvalue weighted by Gasteiger charge is 2.48. The summed E-state index contributed by atoms with van der Waals surface area (Å²) in [6, 6.07) is 5.89. The Hall–Kier alpha value is -1.90. The van der Waals surface area contributed by atoms with Gasteiger partial charge in [0.2, 0.25) is 11.8 Å². The lowest BCUT2D eigenvalue weighted by Gasteiger charge is -2.18. The molecule has 0 N–H and O–H groups in total. The average molecular weight is 255 g/mol. The highest BCUT2D eigenvalue weighted by atomic mass is 16.2. The number of aryl methyl sites for hydroxylation is 2. The topological polar surface area (TPSA) is 37.4 Å². The van der Waals surface area contributed by atoms with E-state index in [1.165, 1.54) is 4.90 Å². The van der Waals surface area contributed by atoms with Crippen molar-refractivity contribution in [2.24, 2.45) is 11.8 Å². The van der Waals surface area contributed by atoms with Crippen molar-refractivity contribution in [1.29, 1.82) is 0 Å². The van der Waals surface area contributed by atoms with E-state index in [9.17, 15) is 9.59 Å². The Labute approximate surface area is 112 Å². The molecular formula is C16H17NO2. The van der Waals surface area contributed by atoms with Gasteiger partial charge in [-0.3, -0.25) is 9.59 Å². The Kier molecular flexibility index (Phi) is 2.77. The molecule has 1 aliphatic heterocycles. The highest BCUT2D eigenvalue weighted by Crippen LogP contribution is 2.38. The van der Waals surface area contributed by atoms with Crippen molar-refractivity contribution < 1.29 is 9.59 Å². The smallest absolute Gasteiger partial charge is 0.238 e. The molecule has 0 spiro atoms. The predicted octanol–water partition coefficient (Wildman–Crippen LogP) is 2.76. The molecule has 1 aromatic rings. The van der Waals surface area contributed by atoms with Gasteiger partial charge < -0.3 is 0 Å². The number of fused-ring (bicyclic) bond motifs is 1. The molecule has 2 atom stereocenters. The fourth-order valence-corrected chi connectivity index (χ4v) is 3.00. The molecule has 0 saturated carbocycles.